The molecule has 0 saturated heterocycles. The molecule has 0 amide bonds. The zero-order valence-corrected chi connectivity index (χ0v) is 21.6. The number of nitrogens with zero attached hydrogens (tertiary/aromatic N) is 1. The summed E-state index contributed by atoms with van der Waals surface area (Å²) in [4.78, 5) is 22.6. The van der Waals surface area contributed by atoms with E-state index in [0.717, 1.165) is 38.7 Å². The smallest absolute Gasteiger partial charge is 0.251 e. The van der Waals surface area contributed by atoms with Gasteiger partial charge in [0.15, 0.2) is 9.84 Å². The van der Waals surface area contributed by atoms with Crippen molar-refractivity contribution in [2.24, 2.45) is 0 Å². The third kappa shape index (κ3) is 4.95. The molecule has 9 heteroatoms. The lowest BCUT2D eigenvalue weighted by Crippen LogP contribution is -2.12. The minimum Gasteiger partial charge on any atom is -0.490 e. The quantitative estimate of drug-likeness (QED) is 0.282. The van der Waals surface area contributed by atoms with Crippen LogP contribution in [0, 0.1) is 13.8 Å². The van der Waals surface area contributed by atoms with Gasteiger partial charge in [-0.3, -0.25) is 4.79 Å². The lowest BCUT2D eigenvalue weighted by molar-refractivity contribution is 0.218. The first-order chi connectivity index (χ1) is 17.7. The number of benzene rings is 2. The van der Waals surface area contributed by atoms with Crippen molar-refractivity contribution in [3.8, 4) is 22.6 Å². The van der Waals surface area contributed by atoms with E-state index in [4.69, 9.17) is 9.47 Å². The summed E-state index contributed by atoms with van der Waals surface area (Å²) in [5.41, 5.74) is 4.66. The fourth-order valence-electron chi connectivity index (χ4n) is 4.40. The molecule has 0 aliphatic rings. The molecule has 0 aliphatic heterocycles. The largest absolute Gasteiger partial charge is 0.490 e. The number of fused-ring (bicyclic) bond motifs is 3. The van der Waals surface area contributed by atoms with E-state index in [-0.39, 0.29) is 24.5 Å². The normalized spacial score (nSPS) is 11.8. The Bertz CT molecular complexity index is 1790. The average molecular weight is 518 g/mol. The van der Waals surface area contributed by atoms with E-state index >= 15 is 0 Å². The minimum atomic E-state index is -3.35. The molecule has 0 atom stereocenters. The molecule has 3 aromatic heterocycles. The Labute approximate surface area is 214 Å². The maximum Gasteiger partial charge on any atom is 0.251 e. The summed E-state index contributed by atoms with van der Waals surface area (Å²) in [5.74, 6) is 1.14. The van der Waals surface area contributed by atoms with Crippen LogP contribution in [0.15, 0.2) is 70.5 Å². The summed E-state index contributed by atoms with van der Waals surface area (Å²) in [6, 6.07) is 16.0. The Hall–Kier alpha value is -4.11. The molecule has 0 saturated carbocycles. The number of H-pyrrole nitrogens is 2. The van der Waals surface area contributed by atoms with Crippen molar-refractivity contribution in [2.45, 2.75) is 25.7 Å². The third-order valence-corrected chi connectivity index (χ3v) is 7.88. The number of ether oxygens (including phenoxy) is 2. The predicted octanol–water partition coefficient (Wildman–Crippen LogP) is 4.94. The highest BCUT2D eigenvalue weighted by molar-refractivity contribution is 7.91. The van der Waals surface area contributed by atoms with E-state index in [0.29, 0.717) is 22.0 Å². The molecule has 8 nitrogen and oxygen atoms in total. The molecular formula is C28H27N3O5S. The first kappa shape index (κ1) is 24.6. The molecule has 0 aliphatic carbocycles. The molecule has 37 heavy (non-hydrogen) atoms. The SMILES string of the molecule is CCS(=O)(=O)c1cccc(-c2ccc(OCCOc3cc(C)[nH]c(=O)c3)c3[nH]c4ncc(C)cc4c23)c1. The second kappa shape index (κ2) is 9.74. The summed E-state index contributed by atoms with van der Waals surface area (Å²) in [7, 11) is -3.35. The molecule has 0 fully saturated rings. The monoisotopic (exact) mass is 517 g/mol. The molecule has 2 N–H and O–H groups in total. The molecule has 5 rings (SSSR count). The molecule has 5 aromatic rings. The van der Waals surface area contributed by atoms with Crippen LogP contribution in [0.4, 0.5) is 0 Å². The van der Waals surface area contributed by atoms with Gasteiger partial charge in [0.05, 0.1) is 16.2 Å². The van der Waals surface area contributed by atoms with Gasteiger partial charge in [-0.05, 0) is 66.9 Å². The van der Waals surface area contributed by atoms with Crippen LogP contribution in [0.2, 0.25) is 0 Å². The Morgan fingerprint density at radius 3 is 2.54 bits per heavy atom. The van der Waals surface area contributed by atoms with Crippen molar-refractivity contribution < 1.29 is 17.9 Å². The van der Waals surface area contributed by atoms with Crippen LogP contribution in [-0.4, -0.2) is 42.3 Å². The van der Waals surface area contributed by atoms with Crippen molar-refractivity contribution in [1.29, 1.82) is 0 Å². The van der Waals surface area contributed by atoms with E-state index in [1.807, 2.05) is 25.1 Å². The maximum atomic E-state index is 12.5. The van der Waals surface area contributed by atoms with Crippen LogP contribution in [0.3, 0.4) is 0 Å². The summed E-state index contributed by atoms with van der Waals surface area (Å²) < 4.78 is 36.8. The highest BCUT2D eigenvalue weighted by atomic mass is 32.2. The van der Waals surface area contributed by atoms with Gasteiger partial charge in [0.25, 0.3) is 5.56 Å². The Morgan fingerprint density at radius 1 is 0.946 bits per heavy atom. The topological polar surface area (TPSA) is 114 Å². The van der Waals surface area contributed by atoms with Crippen LogP contribution in [0.5, 0.6) is 11.5 Å². The van der Waals surface area contributed by atoms with E-state index in [1.54, 1.807) is 44.3 Å². The maximum absolute atomic E-state index is 12.5. The summed E-state index contributed by atoms with van der Waals surface area (Å²) in [6.07, 6.45) is 1.80. The van der Waals surface area contributed by atoms with Crippen LogP contribution < -0.4 is 15.0 Å². The highest BCUT2D eigenvalue weighted by Crippen LogP contribution is 2.39. The predicted molar refractivity (Wildman–Crippen MR) is 144 cm³/mol. The Balaban J connectivity index is 1.52. The number of aryl methyl sites for hydroxylation is 2. The van der Waals surface area contributed by atoms with E-state index in [9.17, 15) is 13.2 Å². The van der Waals surface area contributed by atoms with Gasteiger partial charge in [-0.1, -0.05) is 19.1 Å². The van der Waals surface area contributed by atoms with Gasteiger partial charge in [-0.25, -0.2) is 13.4 Å². The lowest BCUT2D eigenvalue weighted by Gasteiger charge is -2.12. The fraction of sp³-hybridized carbons (Fsp3) is 0.214. The van der Waals surface area contributed by atoms with E-state index in [1.165, 1.54) is 6.07 Å². The number of sulfone groups is 1. The molecule has 0 bridgehead atoms. The standard InChI is InChI=1S/C28H27N3O5S/c1-4-37(33,34)21-7-5-6-19(14-21)22-8-9-24(27-26(22)23-12-17(2)16-29-28(23)31-27)36-11-10-35-20-13-18(3)30-25(32)15-20/h5-9,12-16H,4,10-11H2,1-3H3,(H,29,31)(H,30,32). The van der Waals surface area contributed by atoms with E-state index in [2.05, 4.69) is 21.0 Å². The highest BCUT2D eigenvalue weighted by Gasteiger charge is 2.18. The van der Waals surface area contributed by atoms with Gasteiger partial charge in [0.1, 0.15) is 30.4 Å². The van der Waals surface area contributed by atoms with Crippen molar-refractivity contribution in [3.05, 3.63) is 82.4 Å². The van der Waals surface area contributed by atoms with Gasteiger partial charge in [0, 0.05) is 28.7 Å². The van der Waals surface area contributed by atoms with Crippen LogP contribution in [-0.2, 0) is 9.84 Å². The van der Waals surface area contributed by atoms with Crippen LogP contribution >= 0.6 is 0 Å². The van der Waals surface area contributed by atoms with Crippen LogP contribution in [0.1, 0.15) is 18.2 Å². The van der Waals surface area contributed by atoms with Gasteiger partial charge < -0.3 is 19.4 Å². The van der Waals surface area contributed by atoms with E-state index < -0.39 is 9.84 Å². The second-order valence-electron chi connectivity index (χ2n) is 8.89. The Morgan fingerprint density at radius 2 is 1.76 bits per heavy atom. The fourth-order valence-corrected chi connectivity index (χ4v) is 5.32. The Kier molecular flexibility index (Phi) is 6.47. The molecular weight excluding hydrogens is 490 g/mol. The second-order valence-corrected chi connectivity index (χ2v) is 11.2. The minimum absolute atomic E-state index is 0.0356. The number of aromatic amines is 2. The number of pyridine rings is 2. The molecule has 0 radical (unpaired) electrons. The lowest BCUT2D eigenvalue weighted by atomic mass is 9.99. The van der Waals surface area contributed by atoms with Gasteiger partial charge in [-0.2, -0.15) is 0 Å². The number of aromatic nitrogens is 3. The zero-order valence-electron chi connectivity index (χ0n) is 20.8. The molecule has 0 unspecified atom stereocenters. The number of hydrogen-bond acceptors (Lipinski definition) is 6. The van der Waals surface area contributed by atoms with Gasteiger partial charge in [-0.15, -0.1) is 0 Å². The number of nitrogens with one attached hydrogen (secondary N) is 2. The first-order valence-electron chi connectivity index (χ1n) is 12.0. The summed E-state index contributed by atoms with van der Waals surface area (Å²) >= 11 is 0. The average Bonchev–Trinajstić information content (AvgIpc) is 3.25. The van der Waals surface area contributed by atoms with Crippen molar-refractivity contribution in [2.75, 3.05) is 19.0 Å². The van der Waals surface area contributed by atoms with Gasteiger partial charge >= 0.3 is 0 Å². The van der Waals surface area contributed by atoms with Crippen molar-refractivity contribution in [3.63, 3.8) is 0 Å². The van der Waals surface area contributed by atoms with Crippen molar-refractivity contribution >= 4 is 31.8 Å². The van der Waals surface area contributed by atoms with Crippen molar-refractivity contribution in [1.82, 2.24) is 15.0 Å². The summed E-state index contributed by atoms with van der Waals surface area (Å²) in [6.45, 7) is 5.92. The molecule has 0 spiro atoms. The van der Waals surface area contributed by atoms with Gasteiger partial charge in [0.2, 0.25) is 0 Å². The molecule has 190 valence electrons. The first-order valence-corrected chi connectivity index (χ1v) is 13.6. The number of rotatable bonds is 8. The zero-order chi connectivity index (χ0) is 26.2. The number of hydrogen-bond donors (Lipinski definition) is 2. The molecule has 2 aromatic carbocycles. The third-order valence-electron chi connectivity index (χ3n) is 6.15. The van der Waals surface area contributed by atoms with Crippen LogP contribution in [0.25, 0.3) is 33.1 Å². The summed E-state index contributed by atoms with van der Waals surface area (Å²) in [5, 5.41) is 1.83. The molecule has 3 heterocycles.